The second kappa shape index (κ2) is 3.93. The van der Waals surface area contributed by atoms with E-state index in [0.717, 1.165) is 29.1 Å². The number of hydrogen-bond acceptors (Lipinski definition) is 3. The molecule has 2 aromatic heterocycles. The van der Waals surface area contributed by atoms with Gasteiger partial charge >= 0.3 is 0 Å². The first-order valence-corrected chi connectivity index (χ1v) is 6.05. The fraction of sp³-hybridized carbons (Fsp3) is 0.0833. The third-order valence-electron chi connectivity index (χ3n) is 2.53. The monoisotopic (exact) mass is 321 g/mol. The number of nitrogens with zero attached hydrogens (tertiary/aromatic N) is 3. The lowest BCUT2D eigenvalue weighted by Gasteiger charge is -2.03. The second-order valence-corrected chi connectivity index (χ2v) is 4.70. The largest absolute Gasteiger partial charge is 0.265 e. The van der Waals surface area contributed by atoms with E-state index in [-0.39, 0.29) is 0 Å². The van der Waals surface area contributed by atoms with Gasteiger partial charge < -0.3 is 0 Å². The van der Waals surface area contributed by atoms with Gasteiger partial charge in [-0.05, 0) is 34.7 Å². The van der Waals surface area contributed by atoms with Gasteiger partial charge in [0, 0.05) is 28.0 Å². The maximum absolute atomic E-state index is 4.64. The van der Waals surface area contributed by atoms with E-state index >= 15 is 0 Å². The molecule has 78 valence electrons. The minimum atomic E-state index is 0.900. The molecule has 2 aromatic rings. The summed E-state index contributed by atoms with van der Waals surface area (Å²) in [6.07, 6.45) is 8.42. The summed E-state index contributed by atoms with van der Waals surface area (Å²) >= 11 is 2.31. The van der Waals surface area contributed by atoms with Crippen molar-refractivity contribution >= 4 is 26.2 Å². The summed E-state index contributed by atoms with van der Waals surface area (Å²) in [5.41, 5.74) is 4.06. The Morgan fingerprint density at radius 1 is 1.19 bits per heavy atom. The molecule has 0 aromatic carbocycles. The third kappa shape index (κ3) is 1.63. The number of allylic oxidation sites excluding steroid dienone is 1. The lowest BCUT2D eigenvalue weighted by atomic mass is 10.2. The van der Waals surface area contributed by atoms with E-state index in [4.69, 9.17) is 0 Å². The van der Waals surface area contributed by atoms with Crippen molar-refractivity contribution in [3.63, 3.8) is 0 Å². The summed E-state index contributed by atoms with van der Waals surface area (Å²) < 4.78 is 1.19. The molecule has 0 saturated carbocycles. The number of hydrogen-bond donors (Lipinski definition) is 0. The topological polar surface area (TPSA) is 38.7 Å². The number of rotatable bonds is 1. The summed E-state index contributed by atoms with van der Waals surface area (Å²) in [6.45, 7) is 0. The highest BCUT2D eigenvalue weighted by molar-refractivity contribution is 14.1. The number of fused-ring (bicyclic) bond motifs is 1. The molecule has 0 amide bonds. The highest BCUT2D eigenvalue weighted by atomic mass is 127. The molecule has 1 aliphatic rings. The van der Waals surface area contributed by atoms with Gasteiger partial charge in [-0.1, -0.05) is 6.08 Å². The Morgan fingerprint density at radius 2 is 2.00 bits per heavy atom. The van der Waals surface area contributed by atoms with Gasteiger partial charge in [0.1, 0.15) is 0 Å². The third-order valence-corrected chi connectivity index (χ3v) is 3.48. The molecule has 3 rings (SSSR count). The van der Waals surface area contributed by atoms with Crippen LogP contribution >= 0.6 is 22.6 Å². The molecule has 0 atom stereocenters. The van der Waals surface area contributed by atoms with Crippen LogP contribution in [0.5, 0.6) is 0 Å². The van der Waals surface area contributed by atoms with Crippen LogP contribution in [-0.4, -0.2) is 15.0 Å². The van der Waals surface area contributed by atoms with Gasteiger partial charge in [-0.25, -0.2) is 4.98 Å². The van der Waals surface area contributed by atoms with Crippen molar-refractivity contribution in [1.29, 1.82) is 0 Å². The van der Waals surface area contributed by atoms with E-state index in [9.17, 15) is 0 Å². The van der Waals surface area contributed by atoms with E-state index in [2.05, 4.69) is 43.6 Å². The molecule has 16 heavy (non-hydrogen) atoms. The van der Waals surface area contributed by atoms with Crippen LogP contribution in [0.15, 0.2) is 36.8 Å². The average Bonchev–Trinajstić information content (AvgIpc) is 2.72. The standard InChI is InChI=1S/C12H8IN3/c13-9-1-2-10-12(9)16-11(7-15-10)8-3-5-14-6-4-8/h1,3-7H,2H2. The van der Waals surface area contributed by atoms with Gasteiger partial charge in [0.25, 0.3) is 0 Å². The van der Waals surface area contributed by atoms with Gasteiger partial charge in [0.15, 0.2) is 0 Å². The zero-order chi connectivity index (χ0) is 11.0. The maximum atomic E-state index is 4.64. The van der Waals surface area contributed by atoms with Crippen LogP contribution in [-0.2, 0) is 6.42 Å². The van der Waals surface area contributed by atoms with Crippen LogP contribution in [0.3, 0.4) is 0 Å². The molecule has 0 radical (unpaired) electrons. The van der Waals surface area contributed by atoms with E-state index in [1.165, 1.54) is 3.58 Å². The zero-order valence-electron chi connectivity index (χ0n) is 8.39. The van der Waals surface area contributed by atoms with Crippen LogP contribution in [0.25, 0.3) is 14.8 Å². The Labute approximate surface area is 107 Å². The van der Waals surface area contributed by atoms with E-state index < -0.39 is 0 Å². The molecule has 4 heteroatoms. The van der Waals surface area contributed by atoms with Crippen molar-refractivity contribution in [3.05, 3.63) is 48.2 Å². The van der Waals surface area contributed by atoms with Crippen molar-refractivity contribution in [2.45, 2.75) is 6.42 Å². The smallest absolute Gasteiger partial charge is 0.0985 e. The Morgan fingerprint density at radius 3 is 2.81 bits per heavy atom. The second-order valence-electron chi connectivity index (χ2n) is 3.54. The highest BCUT2D eigenvalue weighted by Crippen LogP contribution is 2.30. The number of halogens is 1. The number of pyridine rings is 1. The summed E-state index contributed by atoms with van der Waals surface area (Å²) in [5, 5.41) is 0. The Hall–Kier alpha value is -1.30. The average molecular weight is 321 g/mol. The molecule has 0 unspecified atom stereocenters. The molecule has 3 nitrogen and oxygen atoms in total. The summed E-state index contributed by atoms with van der Waals surface area (Å²) in [5.74, 6) is 0. The quantitative estimate of drug-likeness (QED) is 0.758. The van der Waals surface area contributed by atoms with Gasteiger partial charge in [0.2, 0.25) is 0 Å². The van der Waals surface area contributed by atoms with Crippen LogP contribution in [0.4, 0.5) is 0 Å². The van der Waals surface area contributed by atoms with Crippen LogP contribution in [0.1, 0.15) is 11.4 Å². The Bertz CT molecular complexity index is 564. The molecular weight excluding hydrogens is 313 g/mol. The van der Waals surface area contributed by atoms with Crippen molar-refractivity contribution in [1.82, 2.24) is 15.0 Å². The van der Waals surface area contributed by atoms with Gasteiger partial charge in [0.05, 0.1) is 23.3 Å². The van der Waals surface area contributed by atoms with Crippen LogP contribution in [0.2, 0.25) is 0 Å². The Balaban J connectivity index is 2.11. The predicted octanol–water partition coefficient (Wildman–Crippen LogP) is 2.87. The first-order chi connectivity index (χ1) is 7.84. The molecule has 1 aliphatic carbocycles. The fourth-order valence-corrected chi connectivity index (χ4v) is 2.35. The SMILES string of the molecule is IC1=CCc2ncc(-c3ccncc3)nc21. The Kier molecular flexibility index (Phi) is 2.43. The van der Waals surface area contributed by atoms with Crippen molar-refractivity contribution in [3.8, 4) is 11.3 Å². The predicted molar refractivity (Wildman–Crippen MR) is 71.0 cm³/mol. The minimum Gasteiger partial charge on any atom is -0.265 e. The summed E-state index contributed by atoms with van der Waals surface area (Å²) in [4.78, 5) is 13.1. The van der Waals surface area contributed by atoms with Crippen molar-refractivity contribution in [2.24, 2.45) is 0 Å². The molecule has 0 fully saturated rings. The fourth-order valence-electron chi connectivity index (χ4n) is 1.70. The van der Waals surface area contributed by atoms with Gasteiger partial charge in [-0.3, -0.25) is 9.97 Å². The minimum absolute atomic E-state index is 0.900. The molecule has 0 N–H and O–H groups in total. The highest BCUT2D eigenvalue weighted by Gasteiger charge is 2.15. The van der Waals surface area contributed by atoms with Crippen LogP contribution < -0.4 is 0 Å². The first-order valence-electron chi connectivity index (χ1n) is 4.97. The first kappa shape index (κ1) is 9.89. The van der Waals surface area contributed by atoms with E-state index in [1.54, 1.807) is 12.4 Å². The molecule has 0 aliphatic heterocycles. The van der Waals surface area contributed by atoms with Crippen molar-refractivity contribution < 1.29 is 0 Å². The van der Waals surface area contributed by atoms with Crippen LogP contribution in [0, 0.1) is 0 Å². The summed E-state index contributed by atoms with van der Waals surface area (Å²) in [7, 11) is 0. The maximum Gasteiger partial charge on any atom is 0.0985 e. The van der Waals surface area contributed by atoms with E-state index in [1.807, 2.05) is 18.3 Å². The van der Waals surface area contributed by atoms with E-state index in [0.29, 0.717) is 0 Å². The normalized spacial score (nSPS) is 13.4. The summed E-state index contributed by atoms with van der Waals surface area (Å²) in [6, 6.07) is 3.89. The molecule has 0 bridgehead atoms. The lowest BCUT2D eigenvalue weighted by Crippen LogP contribution is -1.95. The van der Waals surface area contributed by atoms with Crippen molar-refractivity contribution in [2.75, 3.05) is 0 Å². The molecule has 0 saturated heterocycles. The van der Waals surface area contributed by atoms with Gasteiger partial charge in [-0.2, -0.15) is 0 Å². The number of aromatic nitrogens is 3. The zero-order valence-corrected chi connectivity index (χ0v) is 10.5. The molecular formula is C12H8IN3. The van der Waals surface area contributed by atoms with Gasteiger partial charge in [-0.15, -0.1) is 0 Å². The molecule has 0 spiro atoms. The lowest BCUT2D eigenvalue weighted by molar-refractivity contribution is 1.07. The molecule has 2 heterocycles.